The largest absolute Gasteiger partial charge is 0.469 e. The Labute approximate surface area is 400 Å². The molecule has 1 aliphatic carbocycles. The van der Waals surface area contributed by atoms with Gasteiger partial charge in [-0.05, 0) is 98.2 Å². The maximum atomic E-state index is 14.1. The number of nitrogens with zero attached hydrogens (tertiary/aromatic N) is 2. The van der Waals surface area contributed by atoms with E-state index in [0.29, 0.717) is 44.9 Å². The van der Waals surface area contributed by atoms with Crippen molar-refractivity contribution in [1.29, 1.82) is 0 Å². The van der Waals surface area contributed by atoms with Crippen molar-refractivity contribution in [2.75, 3.05) is 86.4 Å². The highest BCUT2D eigenvalue weighted by molar-refractivity contribution is 6.02. The van der Waals surface area contributed by atoms with Crippen LogP contribution in [0.3, 0.4) is 0 Å². The van der Waals surface area contributed by atoms with E-state index in [1.807, 2.05) is 52.0 Å². The predicted molar refractivity (Wildman–Crippen MR) is 256 cm³/mol. The molecule has 69 heavy (non-hydrogen) atoms. The minimum absolute atomic E-state index is 0.00889. The molecule has 18 nitrogen and oxygen atoms in total. The van der Waals surface area contributed by atoms with E-state index in [0.717, 1.165) is 38.9 Å². The molecule has 3 aromatic heterocycles. The number of ether oxygens (including phenoxy) is 7. The first-order valence-corrected chi connectivity index (χ1v) is 22.9. The zero-order valence-corrected chi connectivity index (χ0v) is 39.9. The molecule has 3 aromatic rings. The third kappa shape index (κ3) is 12.0. The molecule has 2 aliphatic heterocycles. The molecule has 0 amide bonds. The smallest absolute Gasteiger partial charge is 0.335 e. The summed E-state index contributed by atoms with van der Waals surface area (Å²) in [5.74, 6) is -3.51. The van der Waals surface area contributed by atoms with Gasteiger partial charge in [0.05, 0.1) is 100 Å². The lowest BCUT2D eigenvalue weighted by atomic mass is 9.64. The fourth-order valence-electron chi connectivity index (χ4n) is 8.81. The van der Waals surface area contributed by atoms with E-state index < -0.39 is 35.2 Å². The summed E-state index contributed by atoms with van der Waals surface area (Å²) < 4.78 is 37.7. The van der Waals surface area contributed by atoms with Gasteiger partial charge >= 0.3 is 23.9 Å². The number of hydrogen-bond donors (Lipinski definition) is 5. The van der Waals surface area contributed by atoms with E-state index in [1.54, 1.807) is 18.2 Å². The fraction of sp³-hybridized carbons (Fsp3) is 0.451. The van der Waals surface area contributed by atoms with Crippen LogP contribution in [0.4, 0.5) is 0 Å². The first-order valence-electron chi connectivity index (χ1n) is 22.9. The molecule has 3 aliphatic rings. The van der Waals surface area contributed by atoms with Gasteiger partial charge in [0.25, 0.3) is 0 Å². The number of aryl methyl sites for hydroxylation is 3. The van der Waals surface area contributed by atoms with E-state index in [4.69, 9.17) is 58.4 Å². The second kappa shape index (κ2) is 24.3. The predicted octanol–water partition coefficient (Wildman–Crippen LogP) is 4.94. The number of allylic oxidation sites excluding steroid dienone is 5. The summed E-state index contributed by atoms with van der Waals surface area (Å²) >= 11 is 0. The summed E-state index contributed by atoms with van der Waals surface area (Å²) in [5, 5.41) is 27.2. The standard InChI is InChI=1S/C51H62N4O14/c1-7-33-30(2)39-27-44-37-11-8-36(49(61)69-25-22-66-19-16-58)48(50(62)63-6)51(37,5)45(55-44)29-40-32(4)35(10-13-47(60)68-24-21-65-18-15-57)43(54-40)28-42-34(31(3)38(53-42)26-41(33)52-39)9-12-46(59)67-23-20-64-17-14-56/h7-8,11,26-29,48,52,54,56-58H,1,9-10,12-25H2,2-6H3/t48-,51+/m1/s1. The Morgan fingerprint density at radius 3 is 1.86 bits per heavy atom. The molecule has 0 unspecified atom stereocenters. The average molecular weight is 955 g/mol. The number of aliphatic hydroxyl groups is 3. The van der Waals surface area contributed by atoms with Gasteiger partial charge in [-0.25, -0.2) is 9.78 Å². The number of hydrogen-bond acceptors (Lipinski definition) is 16. The van der Waals surface area contributed by atoms with E-state index in [2.05, 4.69) is 16.5 Å². The number of carbonyl (C=O) groups excluding carboxylic acids is 4. The minimum atomic E-state index is -1.28. The van der Waals surface area contributed by atoms with Crippen LogP contribution in [0.2, 0.25) is 0 Å². The second-order valence-corrected chi connectivity index (χ2v) is 16.6. The highest BCUT2D eigenvalue weighted by atomic mass is 16.6. The highest BCUT2D eigenvalue weighted by Gasteiger charge is 2.53. The third-order valence-electron chi connectivity index (χ3n) is 12.4. The number of aromatic nitrogens is 4. The summed E-state index contributed by atoms with van der Waals surface area (Å²) in [5.41, 5.74) is 9.16. The van der Waals surface area contributed by atoms with Crippen LogP contribution in [0.1, 0.15) is 78.1 Å². The Kier molecular flexibility index (Phi) is 18.4. The molecule has 2 atom stereocenters. The molecule has 5 heterocycles. The molecule has 8 bridgehead atoms. The summed E-state index contributed by atoms with van der Waals surface area (Å²) in [6.07, 6.45) is 5.68. The van der Waals surface area contributed by atoms with Gasteiger partial charge in [0.15, 0.2) is 0 Å². The summed E-state index contributed by atoms with van der Waals surface area (Å²) in [4.78, 5) is 71.5. The van der Waals surface area contributed by atoms with Gasteiger partial charge in [0, 0.05) is 40.5 Å². The van der Waals surface area contributed by atoms with Crippen molar-refractivity contribution in [3.63, 3.8) is 0 Å². The van der Waals surface area contributed by atoms with Gasteiger partial charge < -0.3 is 58.4 Å². The van der Waals surface area contributed by atoms with Gasteiger partial charge in [0.1, 0.15) is 25.7 Å². The van der Waals surface area contributed by atoms with Gasteiger partial charge in [-0.2, -0.15) is 0 Å². The lowest BCUT2D eigenvalue weighted by Gasteiger charge is -2.36. The van der Waals surface area contributed by atoms with Crippen LogP contribution in [0.5, 0.6) is 0 Å². The third-order valence-corrected chi connectivity index (χ3v) is 12.4. The number of methoxy groups -OCH3 is 1. The molecule has 370 valence electrons. The first-order chi connectivity index (χ1) is 33.3. The Morgan fingerprint density at radius 1 is 0.681 bits per heavy atom. The fourth-order valence-corrected chi connectivity index (χ4v) is 8.81. The summed E-state index contributed by atoms with van der Waals surface area (Å²) in [6, 6.07) is 7.56. The van der Waals surface area contributed by atoms with Gasteiger partial charge in [-0.15, -0.1) is 0 Å². The molecule has 0 saturated heterocycles. The number of aliphatic hydroxyl groups excluding tert-OH is 3. The normalized spacial score (nSPS) is 16.4. The number of aromatic amines is 2. The number of carbonyl (C=O) groups is 4. The number of rotatable bonds is 24. The van der Waals surface area contributed by atoms with Crippen LogP contribution in [-0.4, -0.2) is 146 Å². The topological polar surface area (TPSA) is 251 Å². The van der Waals surface area contributed by atoms with E-state index in [-0.39, 0.29) is 111 Å². The van der Waals surface area contributed by atoms with Gasteiger partial charge in [-0.1, -0.05) is 24.8 Å². The highest BCUT2D eigenvalue weighted by Crippen LogP contribution is 2.52. The molecular weight excluding hydrogens is 893 g/mol. The average Bonchev–Trinajstić information content (AvgIpc) is 3.99. The SMILES string of the molecule is C=Cc1c(C)c2cc3nc(cc4[nH]c(cc5nc(cc1[nH]2)C(C)=C5CCC(=O)OCCOCCO)c(CCC(=O)OCCOCCO)c4C)[C@]1(C)C3=CC=C(C(=O)OCCOCCO)[C@@H]1C(=O)OC. The Morgan fingerprint density at radius 2 is 1.25 bits per heavy atom. The Balaban J connectivity index is 1.56. The monoisotopic (exact) mass is 954 g/mol. The van der Waals surface area contributed by atoms with Crippen LogP contribution in [0.15, 0.2) is 48.6 Å². The van der Waals surface area contributed by atoms with Crippen molar-refractivity contribution >= 4 is 68.7 Å². The van der Waals surface area contributed by atoms with Crippen LogP contribution < -0.4 is 0 Å². The Hall–Kier alpha value is -6.28. The zero-order chi connectivity index (χ0) is 49.7. The van der Waals surface area contributed by atoms with Crippen molar-refractivity contribution in [3.8, 4) is 0 Å². The van der Waals surface area contributed by atoms with Crippen molar-refractivity contribution in [2.24, 2.45) is 5.92 Å². The molecule has 18 heteroatoms. The van der Waals surface area contributed by atoms with Crippen molar-refractivity contribution < 1.29 is 67.7 Å². The lowest BCUT2D eigenvalue weighted by molar-refractivity contribution is -0.150. The zero-order valence-electron chi connectivity index (χ0n) is 39.9. The summed E-state index contributed by atoms with van der Waals surface area (Å²) in [6.45, 7) is 11.9. The van der Waals surface area contributed by atoms with Gasteiger partial charge in [0.2, 0.25) is 0 Å². The first kappa shape index (κ1) is 52.1. The lowest BCUT2D eigenvalue weighted by Crippen LogP contribution is -2.42. The maximum absolute atomic E-state index is 14.1. The molecular formula is C51H62N4O14. The van der Waals surface area contributed by atoms with Crippen LogP contribution in [0.25, 0.3) is 44.9 Å². The maximum Gasteiger partial charge on any atom is 0.335 e. The number of nitrogens with one attached hydrogen (secondary N) is 2. The van der Waals surface area contributed by atoms with Crippen LogP contribution in [0, 0.1) is 19.8 Å². The van der Waals surface area contributed by atoms with Crippen molar-refractivity contribution in [3.05, 3.63) is 93.6 Å². The Bertz CT molecular complexity index is 2680. The van der Waals surface area contributed by atoms with E-state index in [1.165, 1.54) is 7.11 Å². The number of esters is 4. The van der Waals surface area contributed by atoms with Crippen LogP contribution in [-0.2, 0) is 64.2 Å². The second-order valence-electron chi connectivity index (χ2n) is 16.6. The van der Waals surface area contributed by atoms with Crippen molar-refractivity contribution in [1.82, 2.24) is 19.9 Å². The summed E-state index contributed by atoms with van der Waals surface area (Å²) in [7, 11) is 1.26. The molecule has 6 rings (SSSR count). The van der Waals surface area contributed by atoms with E-state index >= 15 is 0 Å². The van der Waals surface area contributed by atoms with Gasteiger partial charge in [-0.3, -0.25) is 19.4 Å². The molecule has 0 radical (unpaired) electrons. The molecule has 0 spiro atoms. The van der Waals surface area contributed by atoms with E-state index in [9.17, 15) is 19.2 Å². The number of fused-ring (bicyclic) bond motifs is 11. The quantitative estimate of drug-likeness (QED) is 0.0453. The number of H-pyrrole nitrogens is 2. The minimum Gasteiger partial charge on any atom is -0.469 e. The molecule has 0 aromatic carbocycles. The van der Waals surface area contributed by atoms with Crippen LogP contribution >= 0.6 is 0 Å². The molecule has 0 saturated carbocycles. The molecule has 0 fully saturated rings. The van der Waals surface area contributed by atoms with Crippen molar-refractivity contribution in [2.45, 2.75) is 58.8 Å². The molecule has 5 N–H and O–H groups in total.